The van der Waals surface area contributed by atoms with Gasteiger partial charge in [-0.2, -0.15) is 0 Å². The zero-order chi connectivity index (χ0) is 24.0. The number of hydrogen-bond donors (Lipinski definition) is 0. The average Bonchev–Trinajstić information content (AvgIpc) is 2.82. The second-order valence-electron chi connectivity index (χ2n) is 10.7. The molecule has 0 saturated heterocycles. The van der Waals surface area contributed by atoms with E-state index in [0.29, 0.717) is 5.92 Å². The van der Waals surface area contributed by atoms with Crippen LogP contribution in [-0.2, 0) is 4.43 Å². The first-order valence-electron chi connectivity index (χ1n) is 12.1. The first-order valence-corrected chi connectivity index (χ1v) is 21.3. The summed E-state index contributed by atoms with van der Waals surface area (Å²) < 4.78 is 12.2. The van der Waals surface area contributed by atoms with Crippen LogP contribution < -0.4 is 10.7 Å². The molecule has 0 aliphatic heterocycles. The molecule has 0 bridgehead atoms. The Balaban J connectivity index is 1.93. The van der Waals surface area contributed by atoms with Gasteiger partial charge in [-0.25, -0.2) is 0 Å². The molecule has 0 spiro atoms. The number of rotatable bonds is 9. The maximum absolute atomic E-state index is 6.50. The second-order valence-corrected chi connectivity index (χ2v) is 26.8. The van der Waals surface area contributed by atoms with Crippen LogP contribution in [0, 0.1) is 5.92 Å². The molecular formula is C30H40OSiSn. The Bertz CT molecular complexity index is 911. The van der Waals surface area contributed by atoms with Gasteiger partial charge in [-0.3, -0.25) is 0 Å². The van der Waals surface area contributed by atoms with E-state index in [2.05, 4.69) is 144 Å². The van der Waals surface area contributed by atoms with Gasteiger partial charge in [-0.1, -0.05) is 0 Å². The average molecular weight is 563 g/mol. The molecule has 0 aliphatic rings. The molecule has 3 aromatic rings. The monoisotopic (exact) mass is 564 g/mol. The molecule has 33 heavy (non-hydrogen) atoms. The molecule has 1 atom stereocenters. The Morgan fingerprint density at radius 1 is 0.758 bits per heavy atom. The molecular weight excluding hydrogens is 523 g/mol. The van der Waals surface area contributed by atoms with Gasteiger partial charge >= 0.3 is 208 Å². The van der Waals surface area contributed by atoms with Gasteiger partial charge in [0.1, 0.15) is 0 Å². The summed E-state index contributed by atoms with van der Waals surface area (Å²) in [6.45, 7) is 14.7. The van der Waals surface area contributed by atoms with Gasteiger partial charge in [-0.15, -0.1) is 0 Å². The van der Waals surface area contributed by atoms with Crippen LogP contribution in [0.15, 0.2) is 103 Å². The molecule has 174 valence electrons. The first kappa shape index (κ1) is 26.0. The van der Waals surface area contributed by atoms with Gasteiger partial charge in [0.15, 0.2) is 0 Å². The predicted octanol–water partition coefficient (Wildman–Crippen LogP) is 6.37. The van der Waals surface area contributed by atoms with E-state index in [9.17, 15) is 0 Å². The van der Waals surface area contributed by atoms with Crippen molar-refractivity contribution < 1.29 is 4.43 Å². The number of hydrogen-bond acceptors (Lipinski definition) is 1. The van der Waals surface area contributed by atoms with Crippen molar-refractivity contribution >= 4 is 37.4 Å². The first-order chi connectivity index (χ1) is 15.7. The third-order valence-electron chi connectivity index (χ3n) is 7.20. The fourth-order valence-electron chi connectivity index (χ4n) is 4.11. The van der Waals surface area contributed by atoms with Gasteiger partial charge < -0.3 is 0 Å². The number of benzene rings is 3. The minimum absolute atomic E-state index is 0.246. The Morgan fingerprint density at radius 2 is 1.15 bits per heavy atom. The summed E-state index contributed by atoms with van der Waals surface area (Å²) >= 11 is -3.20. The van der Waals surface area contributed by atoms with Gasteiger partial charge in [0.2, 0.25) is 0 Å². The normalized spacial score (nSPS) is 13.9. The Hall–Kier alpha value is -1.62. The summed E-state index contributed by atoms with van der Waals surface area (Å²) in [7, 11) is -1.72. The van der Waals surface area contributed by atoms with E-state index >= 15 is 0 Å². The van der Waals surface area contributed by atoms with Crippen LogP contribution in [0.2, 0.25) is 22.6 Å². The third kappa shape index (κ3) is 6.29. The standard InChI is InChI=1S/C12H25OSi.3C6H5.Sn/c1-8-9-11(2)10-13-14(6,7)12(3,4)5;3*1-2-4-6-5-3-1;/h8-9,11H,1,10H2,2-7H3;3*1-5H;/b9-8+;;;;. The van der Waals surface area contributed by atoms with Gasteiger partial charge in [0.25, 0.3) is 0 Å². The zero-order valence-electron chi connectivity index (χ0n) is 21.2. The molecule has 3 aromatic carbocycles. The SMILES string of the molecule is CC(/C=C/[CH2][Sn]([c]1ccccc1)([c]1ccccc1)[c]1ccccc1)CO[Si](C)(C)C(C)(C)C. The van der Waals surface area contributed by atoms with E-state index in [1.165, 1.54) is 10.7 Å². The van der Waals surface area contributed by atoms with Crippen LogP contribution in [-0.4, -0.2) is 33.3 Å². The topological polar surface area (TPSA) is 9.23 Å². The van der Waals surface area contributed by atoms with Crippen molar-refractivity contribution in [3.8, 4) is 0 Å². The predicted molar refractivity (Wildman–Crippen MR) is 150 cm³/mol. The molecule has 1 unspecified atom stereocenters. The zero-order valence-corrected chi connectivity index (χ0v) is 25.1. The van der Waals surface area contributed by atoms with Crippen molar-refractivity contribution in [1.29, 1.82) is 0 Å². The van der Waals surface area contributed by atoms with Crippen molar-refractivity contribution in [3.63, 3.8) is 0 Å². The molecule has 3 rings (SSSR count). The summed E-state index contributed by atoms with van der Waals surface area (Å²) in [5.74, 6) is 0.408. The van der Waals surface area contributed by atoms with Crippen LogP contribution in [0.3, 0.4) is 0 Å². The summed E-state index contributed by atoms with van der Waals surface area (Å²) in [5, 5.41) is 0.246. The molecule has 0 aliphatic carbocycles. The van der Waals surface area contributed by atoms with Crippen LogP contribution in [0.5, 0.6) is 0 Å². The summed E-state index contributed by atoms with van der Waals surface area (Å²) in [6, 6.07) is 33.7. The molecule has 0 heterocycles. The Kier molecular flexibility index (Phi) is 8.82. The molecule has 0 aromatic heterocycles. The molecule has 0 N–H and O–H groups in total. The van der Waals surface area contributed by atoms with Crippen molar-refractivity contribution in [1.82, 2.24) is 0 Å². The van der Waals surface area contributed by atoms with Crippen LogP contribution in [0.25, 0.3) is 0 Å². The fraction of sp³-hybridized carbons (Fsp3) is 0.333. The van der Waals surface area contributed by atoms with Crippen LogP contribution >= 0.6 is 0 Å². The molecule has 0 fully saturated rings. The van der Waals surface area contributed by atoms with Gasteiger partial charge in [0, 0.05) is 0 Å². The second kappa shape index (κ2) is 11.2. The van der Waals surface area contributed by atoms with Gasteiger partial charge in [-0.05, 0) is 0 Å². The maximum atomic E-state index is 6.50. The summed E-state index contributed by atoms with van der Waals surface area (Å²) in [4.78, 5) is 0. The van der Waals surface area contributed by atoms with E-state index in [0.717, 1.165) is 11.0 Å². The van der Waals surface area contributed by atoms with Crippen molar-refractivity contribution in [2.24, 2.45) is 5.92 Å². The van der Waals surface area contributed by atoms with Crippen molar-refractivity contribution in [2.45, 2.75) is 50.3 Å². The van der Waals surface area contributed by atoms with Crippen molar-refractivity contribution in [2.75, 3.05) is 6.61 Å². The molecule has 1 nitrogen and oxygen atoms in total. The minimum atomic E-state index is -3.20. The quantitative estimate of drug-likeness (QED) is 0.217. The van der Waals surface area contributed by atoms with E-state index in [-0.39, 0.29) is 5.04 Å². The van der Waals surface area contributed by atoms with E-state index in [1.807, 2.05) is 0 Å². The van der Waals surface area contributed by atoms with Gasteiger partial charge in [0.05, 0.1) is 0 Å². The van der Waals surface area contributed by atoms with E-state index in [1.54, 1.807) is 0 Å². The summed E-state index contributed by atoms with van der Waals surface area (Å²) in [5.41, 5.74) is 0. The van der Waals surface area contributed by atoms with Crippen LogP contribution in [0.1, 0.15) is 27.7 Å². The molecule has 0 amide bonds. The van der Waals surface area contributed by atoms with E-state index in [4.69, 9.17) is 4.43 Å². The van der Waals surface area contributed by atoms with Crippen molar-refractivity contribution in [3.05, 3.63) is 103 Å². The molecule has 3 heteroatoms. The van der Waals surface area contributed by atoms with E-state index < -0.39 is 26.7 Å². The van der Waals surface area contributed by atoms with Crippen LogP contribution in [0.4, 0.5) is 0 Å². The summed E-state index contributed by atoms with van der Waals surface area (Å²) in [6.07, 6.45) is 4.86. The molecule has 0 radical (unpaired) electrons. The Labute approximate surface area is 206 Å². The fourth-order valence-corrected chi connectivity index (χ4v) is 18.0. The number of allylic oxidation sites excluding steroid dienone is 1. The molecule has 0 saturated carbocycles. The Morgan fingerprint density at radius 3 is 1.52 bits per heavy atom. The third-order valence-corrected chi connectivity index (χ3v) is 25.4.